The molecule has 0 saturated carbocycles. The molecule has 108 valence electrons. The summed E-state index contributed by atoms with van der Waals surface area (Å²) in [4.78, 5) is 24.4. The molecule has 0 aliphatic carbocycles. The van der Waals surface area contributed by atoms with Gasteiger partial charge in [0, 0.05) is 32.3 Å². The van der Waals surface area contributed by atoms with Crippen LogP contribution in [0.25, 0.3) is 0 Å². The summed E-state index contributed by atoms with van der Waals surface area (Å²) >= 11 is 0. The third kappa shape index (κ3) is 9.02. The highest BCUT2D eigenvalue weighted by Crippen LogP contribution is 1.96. The Morgan fingerprint density at radius 1 is 1.16 bits per heavy atom. The predicted molar refractivity (Wildman–Crippen MR) is 75.5 cm³/mol. The zero-order chi connectivity index (χ0) is 15.0. The summed E-state index contributed by atoms with van der Waals surface area (Å²) in [5.74, 6) is -0.396. The average molecular weight is 268 g/mol. The third-order valence-electron chi connectivity index (χ3n) is 2.20. The number of nitrogens with zero attached hydrogens (tertiary/aromatic N) is 1. The van der Waals surface area contributed by atoms with Crippen LogP contribution in [0.1, 0.15) is 27.7 Å². The van der Waals surface area contributed by atoms with Crippen molar-refractivity contribution in [2.75, 3.05) is 20.1 Å². The van der Waals surface area contributed by atoms with Crippen LogP contribution in [0, 0.1) is 0 Å². The maximum Gasteiger partial charge on any atom is 0.246 e. The van der Waals surface area contributed by atoms with Gasteiger partial charge in [0.2, 0.25) is 11.8 Å². The molecule has 0 aromatic carbocycles. The molecule has 1 atom stereocenters. The number of hydrogen-bond acceptors (Lipinski definition) is 3. The van der Waals surface area contributed by atoms with Crippen LogP contribution in [0.4, 0.5) is 0 Å². The van der Waals surface area contributed by atoms with E-state index in [1.54, 1.807) is 7.05 Å². The van der Waals surface area contributed by atoms with E-state index < -0.39 is 6.10 Å². The SMILES string of the molecule is CC(C)=CC(=O)NC[C@@H](O)CN(C)C(=O)C=C(C)C. The van der Waals surface area contributed by atoms with Gasteiger partial charge in [-0.05, 0) is 27.7 Å². The van der Waals surface area contributed by atoms with Gasteiger partial charge in [-0.1, -0.05) is 11.1 Å². The van der Waals surface area contributed by atoms with E-state index in [9.17, 15) is 14.7 Å². The Balaban J connectivity index is 4.15. The van der Waals surface area contributed by atoms with E-state index in [2.05, 4.69) is 5.32 Å². The lowest BCUT2D eigenvalue weighted by atomic mass is 10.2. The van der Waals surface area contributed by atoms with Crippen LogP contribution < -0.4 is 5.32 Å². The predicted octanol–water partition coefficient (Wildman–Crippen LogP) is 0.854. The van der Waals surface area contributed by atoms with Crippen LogP contribution in [-0.2, 0) is 9.59 Å². The summed E-state index contributed by atoms with van der Waals surface area (Å²) in [7, 11) is 1.61. The summed E-state index contributed by atoms with van der Waals surface area (Å²) in [6.45, 7) is 7.61. The molecule has 2 amide bonds. The van der Waals surface area contributed by atoms with Crippen molar-refractivity contribution in [3.63, 3.8) is 0 Å². The molecule has 0 aliphatic heterocycles. The number of rotatable bonds is 6. The number of aliphatic hydroxyl groups is 1. The van der Waals surface area contributed by atoms with E-state index in [4.69, 9.17) is 0 Å². The van der Waals surface area contributed by atoms with Gasteiger partial charge < -0.3 is 15.3 Å². The van der Waals surface area contributed by atoms with Crippen LogP contribution in [-0.4, -0.2) is 48.1 Å². The van der Waals surface area contributed by atoms with Crippen molar-refractivity contribution in [1.82, 2.24) is 10.2 Å². The number of nitrogens with one attached hydrogen (secondary N) is 1. The van der Waals surface area contributed by atoms with E-state index in [-0.39, 0.29) is 24.9 Å². The maximum absolute atomic E-state index is 11.6. The minimum Gasteiger partial charge on any atom is -0.389 e. The second-order valence-corrected chi connectivity index (χ2v) is 5.06. The molecule has 5 nitrogen and oxygen atoms in total. The lowest BCUT2D eigenvalue weighted by Gasteiger charge is -2.19. The quantitative estimate of drug-likeness (QED) is 0.702. The molecule has 0 aliphatic rings. The fourth-order valence-corrected chi connectivity index (χ4v) is 1.36. The Bertz CT molecular complexity index is 378. The Hall–Kier alpha value is -1.62. The van der Waals surface area contributed by atoms with Crippen molar-refractivity contribution in [2.45, 2.75) is 33.8 Å². The molecule has 5 heteroatoms. The van der Waals surface area contributed by atoms with Crippen LogP contribution in [0.2, 0.25) is 0 Å². The van der Waals surface area contributed by atoms with E-state index in [1.807, 2.05) is 27.7 Å². The molecule has 0 radical (unpaired) electrons. The van der Waals surface area contributed by atoms with Crippen LogP contribution in [0.15, 0.2) is 23.3 Å². The Kier molecular flexibility index (Phi) is 7.75. The number of likely N-dealkylation sites (N-methyl/N-ethyl adjacent to an activating group) is 1. The number of hydrogen-bond donors (Lipinski definition) is 2. The fraction of sp³-hybridized carbons (Fsp3) is 0.571. The molecule has 0 bridgehead atoms. The van der Waals surface area contributed by atoms with Crippen molar-refractivity contribution in [1.29, 1.82) is 0 Å². The first-order chi connectivity index (χ1) is 8.72. The highest BCUT2D eigenvalue weighted by Gasteiger charge is 2.12. The fourth-order valence-electron chi connectivity index (χ4n) is 1.36. The molecule has 0 aromatic heterocycles. The number of carbonyl (C=O) groups excluding carboxylic acids is 2. The summed E-state index contributed by atoms with van der Waals surface area (Å²) in [5.41, 5.74) is 1.80. The molecular weight excluding hydrogens is 244 g/mol. The molecule has 0 spiro atoms. The van der Waals surface area contributed by atoms with Crippen LogP contribution in [0.5, 0.6) is 0 Å². The lowest BCUT2D eigenvalue weighted by Crippen LogP contribution is -2.40. The first-order valence-corrected chi connectivity index (χ1v) is 6.23. The van der Waals surface area contributed by atoms with Gasteiger partial charge in [0.15, 0.2) is 0 Å². The van der Waals surface area contributed by atoms with Gasteiger partial charge >= 0.3 is 0 Å². The van der Waals surface area contributed by atoms with Gasteiger partial charge in [-0.2, -0.15) is 0 Å². The van der Waals surface area contributed by atoms with Crippen molar-refractivity contribution in [3.8, 4) is 0 Å². The standard InChI is InChI=1S/C14H24N2O3/c1-10(2)6-13(18)15-8-12(17)9-16(5)14(19)7-11(3)4/h6-7,12,17H,8-9H2,1-5H3,(H,15,18)/t12-/m1/s1. The minimum absolute atomic E-state index is 0.120. The van der Waals surface area contributed by atoms with E-state index in [0.717, 1.165) is 11.1 Å². The zero-order valence-electron chi connectivity index (χ0n) is 12.4. The summed E-state index contributed by atoms with van der Waals surface area (Å²) in [6, 6.07) is 0. The van der Waals surface area contributed by atoms with Crippen molar-refractivity contribution in [2.24, 2.45) is 0 Å². The zero-order valence-corrected chi connectivity index (χ0v) is 12.4. The number of allylic oxidation sites excluding steroid dienone is 2. The summed E-state index contributed by atoms with van der Waals surface area (Å²) in [6.07, 6.45) is 2.19. The molecule has 0 unspecified atom stereocenters. The van der Waals surface area contributed by atoms with Crippen molar-refractivity contribution in [3.05, 3.63) is 23.3 Å². The van der Waals surface area contributed by atoms with E-state index in [0.29, 0.717) is 0 Å². The van der Waals surface area contributed by atoms with E-state index >= 15 is 0 Å². The minimum atomic E-state index is -0.783. The second-order valence-electron chi connectivity index (χ2n) is 5.06. The van der Waals surface area contributed by atoms with Gasteiger partial charge in [0.05, 0.1) is 6.10 Å². The Labute approximate surface area is 115 Å². The molecule has 0 saturated heterocycles. The molecule has 0 heterocycles. The van der Waals surface area contributed by atoms with Gasteiger partial charge in [-0.15, -0.1) is 0 Å². The first kappa shape index (κ1) is 17.4. The van der Waals surface area contributed by atoms with Crippen molar-refractivity contribution >= 4 is 11.8 Å². The molecule has 2 N–H and O–H groups in total. The monoisotopic (exact) mass is 268 g/mol. The topological polar surface area (TPSA) is 69.6 Å². The molecule has 19 heavy (non-hydrogen) atoms. The summed E-state index contributed by atoms with van der Waals surface area (Å²) in [5, 5.41) is 12.3. The van der Waals surface area contributed by atoms with Gasteiger partial charge in [-0.3, -0.25) is 9.59 Å². The maximum atomic E-state index is 11.6. The molecule has 0 aromatic rings. The molecule has 0 rings (SSSR count). The second kappa shape index (κ2) is 8.48. The van der Waals surface area contributed by atoms with Crippen LogP contribution in [0.3, 0.4) is 0 Å². The average Bonchev–Trinajstić information content (AvgIpc) is 2.24. The normalized spacial score (nSPS) is 11.3. The van der Waals surface area contributed by atoms with Gasteiger partial charge in [0.25, 0.3) is 0 Å². The highest BCUT2D eigenvalue weighted by molar-refractivity contribution is 5.88. The molecule has 0 fully saturated rings. The van der Waals surface area contributed by atoms with E-state index in [1.165, 1.54) is 17.1 Å². The third-order valence-corrected chi connectivity index (χ3v) is 2.20. The Morgan fingerprint density at radius 2 is 1.68 bits per heavy atom. The summed E-state index contributed by atoms with van der Waals surface area (Å²) < 4.78 is 0. The van der Waals surface area contributed by atoms with Crippen LogP contribution >= 0.6 is 0 Å². The van der Waals surface area contributed by atoms with Gasteiger partial charge in [-0.25, -0.2) is 0 Å². The number of amides is 2. The number of aliphatic hydroxyl groups excluding tert-OH is 1. The van der Waals surface area contributed by atoms with Crippen molar-refractivity contribution < 1.29 is 14.7 Å². The van der Waals surface area contributed by atoms with Gasteiger partial charge in [0.1, 0.15) is 0 Å². The Morgan fingerprint density at radius 3 is 2.16 bits per heavy atom. The smallest absolute Gasteiger partial charge is 0.246 e. The highest BCUT2D eigenvalue weighted by atomic mass is 16.3. The molecular formula is C14H24N2O3. The number of carbonyl (C=O) groups is 2. The largest absolute Gasteiger partial charge is 0.389 e. The first-order valence-electron chi connectivity index (χ1n) is 6.23. The lowest BCUT2D eigenvalue weighted by molar-refractivity contribution is -0.126.